The molecule has 2 nitrogen and oxygen atoms in total. The van der Waals surface area contributed by atoms with Gasteiger partial charge in [0.05, 0.1) is 12.2 Å². The van der Waals surface area contributed by atoms with Gasteiger partial charge in [-0.1, -0.05) is 6.92 Å². The third-order valence-electron chi connectivity index (χ3n) is 1.54. The number of ether oxygens (including phenoxy) is 2. The number of rotatable bonds is 1. The lowest BCUT2D eigenvalue weighted by molar-refractivity contribution is -0.350. The van der Waals surface area contributed by atoms with E-state index < -0.39 is 18.5 Å². The molecule has 0 aromatic heterocycles. The van der Waals surface area contributed by atoms with Crippen molar-refractivity contribution < 1.29 is 18.3 Å². The largest absolute Gasteiger partial charge is 0.486 e. The first-order valence-electron chi connectivity index (χ1n) is 3.28. The van der Waals surface area contributed by atoms with Crippen LogP contribution in [0.3, 0.4) is 0 Å². The topological polar surface area (TPSA) is 18.5 Å². The van der Waals surface area contributed by atoms with Gasteiger partial charge in [0.15, 0.2) is 0 Å². The van der Waals surface area contributed by atoms with Crippen molar-refractivity contribution in [2.24, 2.45) is 0 Å². The van der Waals surface area contributed by atoms with Gasteiger partial charge >= 0.3 is 6.29 Å². The van der Waals surface area contributed by atoms with Gasteiger partial charge in [-0.15, -0.1) is 8.78 Å². The van der Waals surface area contributed by atoms with Gasteiger partial charge in [-0.2, -0.15) is 0 Å². The Morgan fingerprint density at radius 1 is 1.40 bits per heavy atom. The maximum absolute atomic E-state index is 12.2. The Kier molecular flexibility index (Phi) is 1.92. The SMILES string of the molecule is CCC1OC(F)(F)OC1C. The lowest BCUT2D eigenvalue weighted by Gasteiger charge is -2.06. The molecule has 0 aliphatic carbocycles. The molecular weight excluding hydrogens is 142 g/mol. The van der Waals surface area contributed by atoms with Gasteiger partial charge in [0.1, 0.15) is 0 Å². The highest BCUT2D eigenvalue weighted by Crippen LogP contribution is 2.32. The first-order chi connectivity index (χ1) is 4.55. The number of hydrogen-bond donors (Lipinski definition) is 0. The minimum Gasteiger partial charge on any atom is -0.290 e. The summed E-state index contributed by atoms with van der Waals surface area (Å²) in [5, 5.41) is 0. The molecule has 1 heterocycles. The summed E-state index contributed by atoms with van der Waals surface area (Å²) in [5.41, 5.74) is 0. The first kappa shape index (κ1) is 7.88. The smallest absolute Gasteiger partial charge is 0.290 e. The summed E-state index contributed by atoms with van der Waals surface area (Å²) in [6, 6.07) is 0. The lowest BCUT2D eigenvalue weighted by Crippen LogP contribution is -2.17. The second-order valence-electron chi connectivity index (χ2n) is 2.35. The Morgan fingerprint density at radius 2 is 2.00 bits per heavy atom. The molecule has 0 radical (unpaired) electrons. The van der Waals surface area contributed by atoms with Gasteiger partial charge in [0.2, 0.25) is 0 Å². The van der Waals surface area contributed by atoms with Crippen LogP contribution in [-0.4, -0.2) is 18.5 Å². The normalized spacial score (nSPS) is 38.4. The zero-order valence-electron chi connectivity index (χ0n) is 5.93. The second kappa shape index (κ2) is 2.43. The molecule has 0 bridgehead atoms. The quantitative estimate of drug-likeness (QED) is 0.569. The monoisotopic (exact) mass is 152 g/mol. The van der Waals surface area contributed by atoms with Crippen molar-refractivity contribution in [2.45, 2.75) is 38.8 Å². The average Bonchev–Trinajstić information content (AvgIpc) is 2.05. The lowest BCUT2D eigenvalue weighted by atomic mass is 10.2. The molecule has 1 aliphatic rings. The maximum atomic E-state index is 12.2. The fourth-order valence-electron chi connectivity index (χ4n) is 1.01. The van der Waals surface area contributed by atoms with E-state index in [1.165, 1.54) is 0 Å². The van der Waals surface area contributed by atoms with Crippen LogP contribution in [0.25, 0.3) is 0 Å². The average molecular weight is 152 g/mol. The molecule has 1 rings (SSSR count). The van der Waals surface area contributed by atoms with E-state index in [9.17, 15) is 8.78 Å². The van der Waals surface area contributed by atoms with E-state index in [4.69, 9.17) is 0 Å². The zero-order chi connectivity index (χ0) is 7.78. The molecule has 0 aromatic carbocycles. The van der Waals surface area contributed by atoms with Gasteiger partial charge in [0.25, 0.3) is 0 Å². The van der Waals surface area contributed by atoms with Gasteiger partial charge in [-0.3, -0.25) is 9.47 Å². The summed E-state index contributed by atoms with van der Waals surface area (Å²) in [5.74, 6) is 0. The van der Waals surface area contributed by atoms with Gasteiger partial charge in [-0.25, -0.2) is 0 Å². The fraction of sp³-hybridized carbons (Fsp3) is 1.00. The van der Waals surface area contributed by atoms with Crippen molar-refractivity contribution in [1.29, 1.82) is 0 Å². The van der Waals surface area contributed by atoms with Crippen LogP contribution < -0.4 is 0 Å². The standard InChI is InChI=1S/C6H10F2O2/c1-3-5-4(2)9-6(7,8)10-5/h4-5H,3H2,1-2H3. The van der Waals surface area contributed by atoms with Gasteiger partial charge in [-0.05, 0) is 13.3 Å². The van der Waals surface area contributed by atoms with E-state index in [0.29, 0.717) is 6.42 Å². The van der Waals surface area contributed by atoms with Crippen LogP contribution in [0.4, 0.5) is 8.78 Å². The minimum atomic E-state index is -3.36. The van der Waals surface area contributed by atoms with Crippen LogP contribution in [0.5, 0.6) is 0 Å². The van der Waals surface area contributed by atoms with Gasteiger partial charge < -0.3 is 0 Å². The summed E-state index contributed by atoms with van der Waals surface area (Å²) < 4.78 is 32.8. The maximum Gasteiger partial charge on any atom is 0.486 e. The first-order valence-corrected chi connectivity index (χ1v) is 3.28. The number of alkyl halides is 2. The fourth-order valence-corrected chi connectivity index (χ4v) is 1.01. The van der Waals surface area contributed by atoms with Crippen molar-refractivity contribution in [3.8, 4) is 0 Å². The van der Waals surface area contributed by atoms with Crippen molar-refractivity contribution in [3.05, 3.63) is 0 Å². The van der Waals surface area contributed by atoms with E-state index in [-0.39, 0.29) is 0 Å². The highest BCUT2D eigenvalue weighted by molar-refractivity contribution is 4.71. The van der Waals surface area contributed by atoms with E-state index >= 15 is 0 Å². The molecular formula is C6H10F2O2. The summed E-state index contributed by atoms with van der Waals surface area (Å²) in [7, 11) is 0. The molecule has 60 valence electrons. The molecule has 10 heavy (non-hydrogen) atoms. The summed E-state index contributed by atoms with van der Waals surface area (Å²) in [4.78, 5) is 0. The molecule has 1 aliphatic heterocycles. The van der Waals surface area contributed by atoms with E-state index in [1.54, 1.807) is 13.8 Å². The molecule has 0 saturated carbocycles. The van der Waals surface area contributed by atoms with Crippen molar-refractivity contribution in [1.82, 2.24) is 0 Å². The summed E-state index contributed by atoms with van der Waals surface area (Å²) in [6.07, 6.45) is -3.77. The minimum absolute atomic E-state index is 0.463. The number of halogens is 2. The molecule has 0 amide bonds. The molecule has 2 atom stereocenters. The highest BCUT2D eigenvalue weighted by Gasteiger charge is 2.46. The molecule has 4 heteroatoms. The molecule has 0 aromatic rings. The van der Waals surface area contributed by atoms with Crippen molar-refractivity contribution in [3.63, 3.8) is 0 Å². The van der Waals surface area contributed by atoms with E-state index in [0.717, 1.165) is 0 Å². The van der Waals surface area contributed by atoms with Crippen LogP contribution in [0.2, 0.25) is 0 Å². The molecule has 1 saturated heterocycles. The Hall–Kier alpha value is -0.220. The van der Waals surface area contributed by atoms with Crippen LogP contribution in [0.1, 0.15) is 20.3 Å². The van der Waals surface area contributed by atoms with Crippen LogP contribution in [-0.2, 0) is 9.47 Å². The molecule has 1 fully saturated rings. The third-order valence-corrected chi connectivity index (χ3v) is 1.54. The Labute approximate surface area is 58.1 Å². The summed E-state index contributed by atoms with van der Waals surface area (Å²) in [6.45, 7) is 3.36. The highest BCUT2D eigenvalue weighted by atomic mass is 19.3. The van der Waals surface area contributed by atoms with E-state index in [2.05, 4.69) is 9.47 Å². The molecule has 0 spiro atoms. The molecule has 0 N–H and O–H groups in total. The van der Waals surface area contributed by atoms with Crippen LogP contribution >= 0.6 is 0 Å². The zero-order valence-corrected chi connectivity index (χ0v) is 5.93. The van der Waals surface area contributed by atoms with Crippen LogP contribution in [0, 0.1) is 0 Å². The van der Waals surface area contributed by atoms with Crippen molar-refractivity contribution in [2.75, 3.05) is 0 Å². The molecule has 2 unspecified atom stereocenters. The second-order valence-corrected chi connectivity index (χ2v) is 2.35. The Morgan fingerprint density at radius 3 is 2.20 bits per heavy atom. The van der Waals surface area contributed by atoms with Gasteiger partial charge in [0, 0.05) is 0 Å². The Bertz CT molecular complexity index is 127. The Balaban J connectivity index is 2.52. The predicted octanol–water partition coefficient (Wildman–Crippen LogP) is 1.75. The third kappa shape index (κ3) is 1.44. The predicted molar refractivity (Wildman–Crippen MR) is 30.7 cm³/mol. The van der Waals surface area contributed by atoms with Crippen molar-refractivity contribution >= 4 is 0 Å². The van der Waals surface area contributed by atoms with Crippen LogP contribution in [0.15, 0.2) is 0 Å². The summed E-state index contributed by atoms with van der Waals surface area (Å²) >= 11 is 0. The van der Waals surface area contributed by atoms with E-state index in [1.807, 2.05) is 0 Å². The number of hydrogen-bond acceptors (Lipinski definition) is 2.